The van der Waals surface area contributed by atoms with Crippen LogP contribution in [0.25, 0.3) is 0 Å². The van der Waals surface area contributed by atoms with Gasteiger partial charge in [-0.05, 0) is 34.5 Å². The third-order valence-electron chi connectivity index (χ3n) is 2.65. The van der Waals surface area contributed by atoms with E-state index in [1.165, 1.54) is 6.26 Å². The molecular weight excluding hydrogens is 294 g/mol. The van der Waals surface area contributed by atoms with Crippen molar-refractivity contribution in [3.63, 3.8) is 0 Å². The summed E-state index contributed by atoms with van der Waals surface area (Å²) in [5, 5.41) is 9.21. The van der Waals surface area contributed by atoms with Crippen molar-refractivity contribution >= 4 is 21.7 Å². The summed E-state index contributed by atoms with van der Waals surface area (Å²) in [6, 6.07) is 11.0. The maximum absolute atomic E-state index is 12.3. The first kappa shape index (κ1) is 12.6. The fraction of sp³-hybridized carbons (Fsp3) is 0.143. The Hall–Kier alpha value is -1.86. The molecule has 0 aliphatic carbocycles. The Balaban J connectivity index is 2.39. The van der Waals surface area contributed by atoms with E-state index < -0.39 is 5.92 Å². The molecule has 0 radical (unpaired) electrons. The van der Waals surface area contributed by atoms with Gasteiger partial charge >= 0.3 is 0 Å². The molecule has 2 aromatic rings. The number of carbonyl (C=O) groups is 1. The molecule has 90 valence electrons. The molecule has 0 amide bonds. The number of Topliss-reactive ketones (excluding diaryl/α,β-unsaturated/α-hetero) is 1. The molecule has 0 aliphatic heterocycles. The molecule has 1 unspecified atom stereocenters. The highest BCUT2D eigenvalue weighted by molar-refractivity contribution is 9.10. The van der Waals surface area contributed by atoms with Crippen LogP contribution in [0.15, 0.2) is 45.7 Å². The van der Waals surface area contributed by atoms with Gasteiger partial charge in [-0.3, -0.25) is 4.79 Å². The molecule has 3 nitrogen and oxygen atoms in total. The quantitative estimate of drug-likeness (QED) is 0.810. The molecule has 1 heterocycles. The molecule has 1 aromatic heterocycles. The SMILES string of the molecule is Cc1cccc(C(C#N)C(=O)c2ccoc2Br)c1. The molecule has 0 N–H and O–H groups in total. The summed E-state index contributed by atoms with van der Waals surface area (Å²) in [6.45, 7) is 1.93. The van der Waals surface area contributed by atoms with Crippen LogP contribution in [0, 0.1) is 18.3 Å². The van der Waals surface area contributed by atoms with Gasteiger partial charge in [0.1, 0.15) is 5.92 Å². The van der Waals surface area contributed by atoms with E-state index in [4.69, 9.17) is 4.42 Å². The van der Waals surface area contributed by atoms with E-state index in [9.17, 15) is 10.1 Å². The molecule has 0 aliphatic rings. The number of ketones is 1. The van der Waals surface area contributed by atoms with Crippen molar-refractivity contribution in [3.05, 3.63) is 58.0 Å². The van der Waals surface area contributed by atoms with Gasteiger partial charge in [0.15, 0.2) is 10.5 Å². The van der Waals surface area contributed by atoms with Gasteiger partial charge in [-0.25, -0.2) is 0 Å². The molecule has 1 aromatic carbocycles. The summed E-state index contributed by atoms with van der Waals surface area (Å²) >= 11 is 3.15. The number of halogens is 1. The maximum Gasteiger partial charge on any atom is 0.188 e. The van der Waals surface area contributed by atoms with Crippen molar-refractivity contribution in [1.29, 1.82) is 5.26 Å². The van der Waals surface area contributed by atoms with Gasteiger partial charge in [0.05, 0.1) is 17.9 Å². The Kier molecular flexibility index (Phi) is 3.63. The van der Waals surface area contributed by atoms with Gasteiger partial charge < -0.3 is 4.42 Å². The summed E-state index contributed by atoms with van der Waals surface area (Å²) < 4.78 is 5.39. The van der Waals surface area contributed by atoms with Crippen molar-refractivity contribution in [1.82, 2.24) is 0 Å². The Bertz CT molecular complexity index is 625. The van der Waals surface area contributed by atoms with Gasteiger partial charge in [0.2, 0.25) is 0 Å². The zero-order valence-corrected chi connectivity index (χ0v) is 11.3. The summed E-state index contributed by atoms with van der Waals surface area (Å²) in [4.78, 5) is 12.3. The van der Waals surface area contributed by atoms with Crippen LogP contribution >= 0.6 is 15.9 Å². The van der Waals surface area contributed by atoms with Crippen molar-refractivity contribution < 1.29 is 9.21 Å². The molecule has 0 spiro atoms. The topological polar surface area (TPSA) is 54.0 Å². The highest BCUT2D eigenvalue weighted by Crippen LogP contribution is 2.26. The standard InChI is InChI=1S/C14H10BrNO2/c1-9-3-2-4-10(7-9)12(8-16)13(17)11-5-6-18-14(11)15/h2-7,12H,1H3. The average Bonchev–Trinajstić information content (AvgIpc) is 2.76. The lowest BCUT2D eigenvalue weighted by atomic mass is 9.92. The van der Waals surface area contributed by atoms with E-state index in [0.29, 0.717) is 15.8 Å². The van der Waals surface area contributed by atoms with Gasteiger partial charge in [-0.1, -0.05) is 29.8 Å². The van der Waals surface area contributed by atoms with Gasteiger partial charge in [0, 0.05) is 0 Å². The number of rotatable bonds is 3. The molecular formula is C14H10BrNO2. The molecule has 0 bridgehead atoms. The Morgan fingerprint density at radius 1 is 1.44 bits per heavy atom. The second-order valence-electron chi connectivity index (χ2n) is 3.95. The number of hydrogen-bond acceptors (Lipinski definition) is 3. The second kappa shape index (κ2) is 5.19. The number of nitriles is 1. The predicted molar refractivity (Wildman–Crippen MR) is 70.3 cm³/mol. The normalized spacial score (nSPS) is 11.8. The van der Waals surface area contributed by atoms with Crippen molar-refractivity contribution in [2.75, 3.05) is 0 Å². The predicted octanol–water partition coefficient (Wildman–Crippen LogP) is 3.84. The zero-order valence-electron chi connectivity index (χ0n) is 9.68. The fourth-order valence-electron chi connectivity index (χ4n) is 1.76. The van der Waals surface area contributed by atoms with Crippen LogP contribution in [-0.4, -0.2) is 5.78 Å². The van der Waals surface area contributed by atoms with Crippen LogP contribution in [0.4, 0.5) is 0 Å². The van der Waals surface area contributed by atoms with Gasteiger partial charge in [-0.2, -0.15) is 5.26 Å². The van der Waals surface area contributed by atoms with Gasteiger partial charge in [-0.15, -0.1) is 0 Å². The van der Waals surface area contributed by atoms with Gasteiger partial charge in [0.25, 0.3) is 0 Å². The van der Waals surface area contributed by atoms with Crippen molar-refractivity contribution in [2.45, 2.75) is 12.8 Å². The van der Waals surface area contributed by atoms with Crippen LogP contribution in [0.2, 0.25) is 0 Å². The van der Waals surface area contributed by atoms with E-state index in [2.05, 4.69) is 15.9 Å². The smallest absolute Gasteiger partial charge is 0.188 e. The van der Waals surface area contributed by atoms with Crippen LogP contribution in [0.5, 0.6) is 0 Å². The molecule has 0 fully saturated rings. The first-order valence-corrected chi connectivity index (χ1v) is 6.16. The van der Waals surface area contributed by atoms with E-state index in [0.717, 1.165) is 5.56 Å². The minimum Gasteiger partial charge on any atom is -0.457 e. The number of nitrogens with zero attached hydrogens (tertiary/aromatic N) is 1. The maximum atomic E-state index is 12.3. The summed E-state index contributed by atoms with van der Waals surface area (Å²) in [5.41, 5.74) is 2.12. The molecule has 4 heteroatoms. The number of furan rings is 1. The highest BCUT2D eigenvalue weighted by Gasteiger charge is 2.24. The number of benzene rings is 1. The summed E-state index contributed by atoms with van der Waals surface area (Å²) in [7, 11) is 0. The van der Waals surface area contributed by atoms with E-state index in [1.807, 2.05) is 31.2 Å². The second-order valence-corrected chi connectivity index (χ2v) is 4.67. The number of aryl methyl sites for hydroxylation is 1. The van der Waals surface area contributed by atoms with Crippen molar-refractivity contribution in [2.24, 2.45) is 0 Å². The van der Waals surface area contributed by atoms with Crippen molar-refractivity contribution in [3.8, 4) is 6.07 Å². The third kappa shape index (κ3) is 2.36. The minimum absolute atomic E-state index is 0.260. The third-order valence-corrected chi connectivity index (χ3v) is 3.26. The summed E-state index contributed by atoms with van der Waals surface area (Å²) in [5.74, 6) is -1.07. The lowest BCUT2D eigenvalue weighted by Gasteiger charge is -2.08. The Morgan fingerprint density at radius 2 is 2.22 bits per heavy atom. The molecule has 18 heavy (non-hydrogen) atoms. The number of carbonyl (C=O) groups excluding carboxylic acids is 1. The van der Waals surface area contributed by atoms with E-state index in [1.54, 1.807) is 12.1 Å². The first-order valence-electron chi connectivity index (χ1n) is 5.37. The molecule has 2 rings (SSSR count). The Labute approximate surface area is 113 Å². The van der Waals surface area contributed by atoms with Crippen LogP contribution < -0.4 is 0 Å². The highest BCUT2D eigenvalue weighted by atomic mass is 79.9. The first-order chi connectivity index (χ1) is 8.63. The fourth-order valence-corrected chi connectivity index (χ4v) is 2.19. The largest absolute Gasteiger partial charge is 0.457 e. The van der Waals surface area contributed by atoms with Crippen LogP contribution in [0.3, 0.4) is 0 Å². The molecule has 1 atom stereocenters. The molecule has 0 saturated carbocycles. The summed E-state index contributed by atoms with van der Waals surface area (Å²) in [6.07, 6.45) is 1.42. The lowest BCUT2D eigenvalue weighted by Crippen LogP contribution is -2.11. The van der Waals surface area contributed by atoms with E-state index >= 15 is 0 Å². The van der Waals surface area contributed by atoms with E-state index in [-0.39, 0.29) is 5.78 Å². The van der Waals surface area contributed by atoms with Crippen LogP contribution in [-0.2, 0) is 0 Å². The number of hydrogen-bond donors (Lipinski definition) is 0. The molecule has 0 saturated heterocycles. The Morgan fingerprint density at radius 3 is 2.78 bits per heavy atom. The lowest BCUT2D eigenvalue weighted by molar-refractivity contribution is 0.0977. The van der Waals surface area contributed by atoms with Crippen LogP contribution in [0.1, 0.15) is 27.4 Å². The zero-order chi connectivity index (χ0) is 13.1. The minimum atomic E-state index is -0.807. The average molecular weight is 304 g/mol. The monoisotopic (exact) mass is 303 g/mol.